The molecule has 1 aromatic carbocycles. The van der Waals surface area contributed by atoms with Gasteiger partial charge < -0.3 is 18.9 Å². The van der Waals surface area contributed by atoms with Crippen LogP contribution in [0.25, 0.3) is 0 Å². The number of unbranched alkanes of at least 4 members (excludes halogenated alkanes) is 1. The van der Waals surface area contributed by atoms with Crippen LogP contribution in [0.1, 0.15) is 63.9 Å². The Morgan fingerprint density at radius 2 is 1.90 bits per heavy atom. The van der Waals surface area contributed by atoms with Crippen LogP contribution in [0.15, 0.2) is 24.3 Å². The Labute approximate surface area is 173 Å². The highest BCUT2D eigenvalue weighted by atomic mass is 16.7. The van der Waals surface area contributed by atoms with Crippen LogP contribution in [-0.4, -0.2) is 44.5 Å². The molecule has 1 saturated heterocycles. The topological polar surface area (TPSA) is 71.1 Å². The molecule has 6 heteroatoms. The van der Waals surface area contributed by atoms with Gasteiger partial charge in [-0.25, -0.2) is 0 Å². The van der Waals surface area contributed by atoms with Crippen LogP contribution in [0.2, 0.25) is 0 Å². The van der Waals surface area contributed by atoms with Crippen molar-refractivity contribution in [3.8, 4) is 5.75 Å². The SMILES string of the molecule is CCCC(=O)CC(=O)OCCOc1ccc(CCCCOC2CCCCO2)cc1. The van der Waals surface area contributed by atoms with Crippen LogP contribution in [0.4, 0.5) is 0 Å². The summed E-state index contributed by atoms with van der Waals surface area (Å²) in [4.78, 5) is 22.9. The van der Waals surface area contributed by atoms with E-state index in [1.807, 2.05) is 19.1 Å². The van der Waals surface area contributed by atoms with Crippen molar-refractivity contribution in [2.45, 2.75) is 71.0 Å². The van der Waals surface area contributed by atoms with Crippen molar-refractivity contribution >= 4 is 11.8 Å². The van der Waals surface area contributed by atoms with Gasteiger partial charge in [0.1, 0.15) is 31.2 Å². The van der Waals surface area contributed by atoms with Gasteiger partial charge in [-0.15, -0.1) is 0 Å². The fraction of sp³-hybridized carbons (Fsp3) is 0.652. The Bertz CT molecular complexity index is 592. The van der Waals surface area contributed by atoms with Crippen molar-refractivity contribution in [1.29, 1.82) is 0 Å². The number of ketones is 1. The van der Waals surface area contributed by atoms with E-state index in [0.29, 0.717) is 6.42 Å². The monoisotopic (exact) mass is 406 g/mol. The lowest BCUT2D eigenvalue weighted by Gasteiger charge is -2.22. The van der Waals surface area contributed by atoms with Gasteiger partial charge >= 0.3 is 5.97 Å². The molecule has 0 amide bonds. The van der Waals surface area contributed by atoms with Gasteiger partial charge in [-0.3, -0.25) is 9.59 Å². The summed E-state index contributed by atoms with van der Waals surface area (Å²) in [5.41, 5.74) is 1.26. The Morgan fingerprint density at radius 3 is 2.62 bits per heavy atom. The first-order valence-electron chi connectivity index (χ1n) is 10.8. The smallest absolute Gasteiger partial charge is 0.313 e. The Kier molecular flexibility index (Phi) is 11.4. The molecular weight excluding hydrogens is 372 g/mol. The molecule has 0 aromatic heterocycles. The summed E-state index contributed by atoms with van der Waals surface area (Å²) in [5.74, 6) is 0.175. The van der Waals surface area contributed by atoms with Gasteiger partial charge in [-0.05, 0) is 62.6 Å². The van der Waals surface area contributed by atoms with Gasteiger partial charge in [0, 0.05) is 19.6 Å². The second-order valence-corrected chi connectivity index (χ2v) is 7.30. The lowest BCUT2D eigenvalue weighted by atomic mass is 10.1. The third-order valence-corrected chi connectivity index (χ3v) is 4.71. The number of hydrogen-bond donors (Lipinski definition) is 0. The maximum atomic E-state index is 11.5. The van der Waals surface area contributed by atoms with Gasteiger partial charge in [-0.1, -0.05) is 19.1 Å². The van der Waals surface area contributed by atoms with Crippen molar-refractivity contribution in [2.24, 2.45) is 0 Å². The van der Waals surface area contributed by atoms with E-state index >= 15 is 0 Å². The van der Waals surface area contributed by atoms with E-state index in [9.17, 15) is 9.59 Å². The Balaban J connectivity index is 1.51. The van der Waals surface area contributed by atoms with Crippen LogP contribution >= 0.6 is 0 Å². The third-order valence-electron chi connectivity index (χ3n) is 4.71. The highest BCUT2D eigenvalue weighted by Gasteiger charge is 2.13. The number of rotatable bonds is 14. The van der Waals surface area contributed by atoms with Crippen LogP contribution in [0.5, 0.6) is 5.75 Å². The zero-order valence-electron chi connectivity index (χ0n) is 17.5. The fourth-order valence-corrected chi connectivity index (χ4v) is 3.14. The second kappa shape index (κ2) is 14.1. The van der Waals surface area contributed by atoms with Crippen LogP contribution in [-0.2, 0) is 30.2 Å². The number of aryl methyl sites for hydroxylation is 1. The predicted octanol–water partition coefficient (Wildman–Crippen LogP) is 4.23. The molecule has 1 unspecified atom stereocenters. The highest BCUT2D eigenvalue weighted by molar-refractivity contribution is 5.95. The fourth-order valence-electron chi connectivity index (χ4n) is 3.14. The van der Waals surface area contributed by atoms with Crippen LogP contribution in [0, 0.1) is 0 Å². The van der Waals surface area contributed by atoms with Gasteiger partial charge in [0.25, 0.3) is 0 Å². The molecule has 1 aromatic rings. The molecule has 0 saturated carbocycles. The standard InChI is InChI=1S/C23H34O6/c1-2-7-20(24)18-22(25)27-17-16-26-21-12-10-19(11-13-21)8-3-5-14-28-23-9-4-6-15-29-23/h10-13,23H,2-9,14-18H2,1H3. The lowest BCUT2D eigenvalue weighted by molar-refractivity contribution is -0.162. The summed E-state index contributed by atoms with van der Waals surface area (Å²) in [7, 11) is 0. The normalized spacial score (nSPS) is 16.4. The summed E-state index contributed by atoms with van der Waals surface area (Å²) in [5, 5.41) is 0. The summed E-state index contributed by atoms with van der Waals surface area (Å²) in [6.07, 6.45) is 7.44. The molecule has 1 atom stereocenters. The van der Waals surface area contributed by atoms with Gasteiger partial charge in [0.2, 0.25) is 0 Å². The summed E-state index contributed by atoms with van der Waals surface area (Å²) in [6, 6.07) is 7.95. The molecule has 162 valence electrons. The summed E-state index contributed by atoms with van der Waals surface area (Å²) >= 11 is 0. The van der Waals surface area contributed by atoms with E-state index < -0.39 is 5.97 Å². The summed E-state index contributed by atoms with van der Waals surface area (Å²) in [6.45, 7) is 3.89. The molecule has 1 aliphatic heterocycles. The number of carbonyl (C=O) groups excluding carboxylic acids is 2. The molecule has 0 spiro atoms. The van der Waals surface area contributed by atoms with Gasteiger partial charge in [0.15, 0.2) is 6.29 Å². The average molecular weight is 407 g/mol. The van der Waals surface area contributed by atoms with Gasteiger partial charge in [0.05, 0.1) is 0 Å². The van der Waals surface area contributed by atoms with Crippen molar-refractivity contribution in [2.75, 3.05) is 26.4 Å². The molecule has 6 nitrogen and oxygen atoms in total. The van der Waals surface area contributed by atoms with E-state index in [-0.39, 0.29) is 31.7 Å². The van der Waals surface area contributed by atoms with E-state index in [4.69, 9.17) is 18.9 Å². The molecule has 0 N–H and O–H groups in total. The maximum Gasteiger partial charge on any atom is 0.313 e. The molecule has 0 radical (unpaired) electrons. The molecular formula is C23H34O6. The first-order chi connectivity index (χ1) is 14.2. The van der Waals surface area contributed by atoms with E-state index in [2.05, 4.69) is 12.1 Å². The van der Waals surface area contributed by atoms with Crippen LogP contribution < -0.4 is 4.74 Å². The first-order valence-corrected chi connectivity index (χ1v) is 10.8. The minimum atomic E-state index is -0.485. The van der Waals surface area contributed by atoms with Crippen molar-refractivity contribution in [1.82, 2.24) is 0 Å². The average Bonchev–Trinajstić information content (AvgIpc) is 2.73. The zero-order valence-corrected chi connectivity index (χ0v) is 17.5. The Hall–Kier alpha value is -1.92. The molecule has 29 heavy (non-hydrogen) atoms. The van der Waals surface area contributed by atoms with Crippen molar-refractivity contribution in [3.63, 3.8) is 0 Å². The molecule has 1 fully saturated rings. The minimum absolute atomic E-state index is 0.00344. The van der Waals surface area contributed by atoms with Crippen LogP contribution in [0.3, 0.4) is 0 Å². The van der Waals surface area contributed by atoms with Gasteiger partial charge in [-0.2, -0.15) is 0 Å². The number of ether oxygens (including phenoxy) is 4. The number of benzene rings is 1. The number of esters is 1. The number of carbonyl (C=O) groups is 2. The predicted molar refractivity (Wildman–Crippen MR) is 110 cm³/mol. The van der Waals surface area contributed by atoms with E-state index in [1.165, 1.54) is 12.0 Å². The largest absolute Gasteiger partial charge is 0.490 e. The maximum absolute atomic E-state index is 11.5. The molecule has 0 bridgehead atoms. The second-order valence-electron chi connectivity index (χ2n) is 7.30. The van der Waals surface area contributed by atoms with Crippen molar-refractivity contribution < 1.29 is 28.5 Å². The number of hydrogen-bond acceptors (Lipinski definition) is 6. The minimum Gasteiger partial charge on any atom is -0.490 e. The Morgan fingerprint density at radius 1 is 1.07 bits per heavy atom. The highest BCUT2D eigenvalue weighted by Crippen LogP contribution is 2.16. The molecule has 1 heterocycles. The van der Waals surface area contributed by atoms with Crippen molar-refractivity contribution in [3.05, 3.63) is 29.8 Å². The first kappa shape index (κ1) is 23.4. The van der Waals surface area contributed by atoms with E-state index in [1.54, 1.807) is 0 Å². The molecule has 1 aliphatic rings. The third kappa shape index (κ3) is 10.4. The summed E-state index contributed by atoms with van der Waals surface area (Å²) < 4.78 is 21.9. The molecule has 0 aliphatic carbocycles. The quantitative estimate of drug-likeness (QED) is 0.262. The lowest BCUT2D eigenvalue weighted by Crippen LogP contribution is -2.22. The molecule has 2 rings (SSSR count). The van der Waals surface area contributed by atoms with E-state index in [0.717, 1.165) is 57.5 Å². The zero-order chi connectivity index (χ0) is 20.7. The number of Topliss-reactive ketones (excluding diaryl/α,β-unsaturated/α-hetero) is 1.